The number of carboxylic acid groups (broad SMARTS) is 1. The van der Waals surface area contributed by atoms with Crippen molar-refractivity contribution in [3.63, 3.8) is 0 Å². The number of hydrogen-bond donors (Lipinski definition) is 2. The van der Waals surface area contributed by atoms with Crippen molar-refractivity contribution in [2.45, 2.75) is 32.7 Å². The van der Waals surface area contributed by atoms with Gasteiger partial charge in [0.15, 0.2) is 0 Å². The summed E-state index contributed by atoms with van der Waals surface area (Å²) in [5.74, 6) is -0.937. The van der Waals surface area contributed by atoms with E-state index >= 15 is 0 Å². The van der Waals surface area contributed by atoms with Crippen LogP contribution in [0.2, 0.25) is 0 Å². The number of carboxylic acids is 1. The third-order valence-electron chi connectivity index (χ3n) is 3.48. The molecule has 0 bridgehead atoms. The standard InChI is InChI=1S/C15H24N2O3/c1-4-12(5-2)17(8-9-20-3)14-10-11(16)6-7-13(14)15(18)19/h6-7,10,12H,4-5,8-9,16H2,1-3H3,(H,18,19). The van der Waals surface area contributed by atoms with E-state index in [0.717, 1.165) is 12.8 Å². The molecule has 0 aliphatic carbocycles. The first-order valence-electron chi connectivity index (χ1n) is 6.93. The van der Waals surface area contributed by atoms with Crippen LogP contribution in [0.15, 0.2) is 18.2 Å². The van der Waals surface area contributed by atoms with Gasteiger partial charge in [-0.15, -0.1) is 0 Å². The Kier molecular flexibility index (Phi) is 6.31. The molecule has 0 heterocycles. The topological polar surface area (TPSA) is 75.8 Å². The lowest BCUT2D eigenvalue weighted by atomic mass is 10.1. The molecule has 0 radical (unpaired) electrons. The third kappa shape index (κ3) is 3.87. The molecule has 0 saturated carbocycles. The number of benzene rings is 1. The number of anilines is 2. The highest BCUT2D eigenvalue weighted by molar-refractivity contribution is 5.95. The van der Waals surface area contributed by atoms with Gasteiger partial charge in [0, 0.05) is 25.4 Å². The molecule has 1 rings (SSSR count). The Bertz CT molecular complexity index is 445. The van der Waals surface area contributed by atoms with Gasteiger partial charge in [-0.25, -0.2) is 4.79 Å². The minimum Gasteiger partial charge on any atom is -0.478 e. The van der Waals surface area contributed by atoms with Crippen molar-refractivity contribution in [3.05, 3.63) is 23.8 Å². The van der Waals surface area contributed by atoms with Crippen molar-refractivity contribution in [3.8, 4) is 0 Å². The minimum absolute atomic E-state index is 0.269. The summed E-state index contributed by atoms with van der Waals surface area (Å²) in [6.45, 7) is 5.39. The van der Waals surface area contributed by atoms with E-state index in [2.05, 4.69) is 18.7 Å². The van der Waals surface area contributed by atoms with E-state index in [1.54, 1.807) is 25.3 Å². The van der Waals surface area contributed by atoms with Crippen LogP contribution in [0.4, 0.5) is 11.4 Å². The van der Waals surface area contributed by atoms with Gasteiger partial charge in [0.2, 0.25) is 0 Å². The molecule has 0 aliphatic heterocycles. The fourth-order valence-electron chi connectivity index (χ4n) is 2.39. The quantitative estimate of drug-likeness (QED) is 0.716. The first kappa shape index (κ1) is 16.3. The lowest BCUT2D eigenvalue weighted by Gasteiger charge is -2.33. The largest absolute Gasteiger partial charge is 0.478 e. The molecule has 0 unspecified atom stereocenters. The molecule has 1 aromatic rings. The van der Waals surface area contributed by atoms with Gasteiger partial charge >= 0.3 is 5.97 Å². The molecular formula is C15H24N2O3. The lowest BCUT2D eigenvalue weighted by molar-refractivity contribution is 0.0697. The summed E-state index contributed by atoms with van der Waals surface area (Å²) >= 11 is 0. The maximum atomic E-state index is 11.4. The fourth-order valence-corrected chi connectivity index (χ4v) is 2.39. The summed E-state index contributed by atoms with van der Waals surface area (Å²) in [6, 6.07) is 5.19. The summed E-state index contributed by atoms with van der Waals surface area (Å²) in [5, 5.41) is 9.36. The first-order chi connectivity index (χ1) is 9.54. The molecule has 0 saturated heterocycles. The Balaban J connectivity index is 3.23. The molecule has 5 heteroatoms. The number of nitrogens with zero attached hydrogens (tertiary/aromatic N) is 1. The third-order valence-corrected chi connectivity index (χ3v) is 3.48. The van der Waals surface area contributed by atoms with Crippen LogP contribution in [0.3, 0.4) is 0 Å². The first-order valence-corrected chi connectivity index (χ1v) is 6.93. The van der Waals surface area contributed by atoms with Crippen molar-refractivity contribution >= 4 is 17.3 Å². The normalized spacial score (nSPS) is 10.8. The molecule has 5 nitrogen and oxygen atoms in total. The molecule has 0 aliphatic rings. The van der Waals surface area contributed by atoms with Crippen LogP contribution < -0.4 is 10.6 Å². The number of methoxy groups -OCH3 is 1. The Morgan fingerprint density at radius 2 is 2.05 bits per heavy atom. The van der Waals surface area contributed by atoms with Gasteiger partial charge < -0.3 is 20.5 Å². The highest BCUT2D eigenvalue weighted by atomic mass is 16.5. The second-order valence-corrected chi connectivity index (χ2v) is 4.74. The molecule has 112 valence electrons. The van der Waals surface area contributed by atoms with Crippen LogP contribution in [0.5, 0.6) is 0 Å². The van der Waals surface area contributed by atoms with Gasteiger partial charge in [-0.2, -0.15) is 0 Å². The lowest BCUT2D eigenvalue weighted by Crippen LogP contribution is -2.38. The molecule has 1 aromatic carbocycles. The van der Waals surface area contributed by atoms with Crippen molar-refractivity contribution in [1.29, 1.82) is 0 Å². The van der Waals surface area contributed by atoms with Gasteiger partial charge in [-0.3, -0.25) is 0 Å². The number of ether oxygens (including phenoxy) is 1. The number of nitrogen functional groups attached to an aromatic ring is 1. The minimum atomic E-state index is -0.937. The predicted molar refractivity (Wildman–Crippen MR) is 81.4 cm³/mol. The highest BCUT2D eigenvalue weighted by Gasteiger charge is 2.21. The van der Waals surface area contributed by atoms with E-state index in [1.807, 2.05) is 0 Å². The summed E-state index contributed by atoms with van der Waals surface area (Å²) in [6.07, 6.45) is 1.88. The molecule has 0 atom stereocenters. The second-order valence-electron chi connectivity index (χ2n) is 4.74. The van der Waals surface area contributed by atoms with Crippen LogP contribution in [-0.2, 0) is 4.74 Å². The number of nitrogens with two attached hydrogens (primary N) is 1. The van der Waals surface area contributed by atoms with Crippen molar-refractivity contribution in [1.82, 2.24) is 0 Å². The predicted octanol–water partition coefficient (Wildman–Crippen LogP) is 2.61. The molecule has 0 amide bonds. The van der Waals surface area contributed by atoms with Crippen LogP contribution >= 0.6 is 0 Å². The molecule has 20 heavy (non-hydrogen) atoms. The average Bonchev–Trinajstić information content (AvgIpc) is 2.43. The Hall–Kier alpha value is -1.75. The maximum absolute atomic E-state index is 11.4. The van der Waals surface area contributed by atoms with E-state index in [-0.39, 0.29) is 11.6 Å². The summed E-state index contributed by atoms with van der Waals surface area (Å²) < 4.78 is 5.14. The van der Waals surface area contributed by atoms with Gasteiger partial charge in [0.05, 0.1) is 17.9 Å². The van der Waals surface area contributed by atoms with Crippen molar-refractivity contribution < 1.29 is 14.6 Å². The monoisotopic (exact) mass is 280 g/mol. The molecular weight excluding hydrogens is 256 g/mol. The van der Waals surface area contributed by atoms with Gasteiger partial charge in [0.25, 0.3) is 0 Å². The Morgan fingerprint density at radius 1 is 1.40 bits per heavy atom. The molecule has 3 N–H and O–H groups in total. The number of carbonyl (C=O) groups is 1. The number of rotatable bonds is 8. The van der Waals surface area contributed by atoms with E-state index in [9.17, 15) is 9.90 Å². The van der Waals surface area contributed by atoms with Crippen molar-refractivity contribution in [2.24, 2.45) is 0 Å². The average molecular weight is 280 g/mol. The fraction of sp³-hybridized carbons (Fsp3) is 0.533. The number of aromatic carboxylic acids is 1. The zero-order valence-corrected chi connectivity index (χ0v) is 12.4. The van der Waals surface area contributed by atoms with Crippen LogP contribution in [0.1, 0.15) is 37.0 Å². The molecule has 0 spiro atoms. The van der Waals surface area contributed by atoms with Crippen LogP contribution in [0.25, 0.3) is 0 Å². The SMILES string of the molecule is CCC(CC)N(CCOC)c1cc(N)ccc1C(=O)O. The van der Waals surface area contributed by atoms with E-state index in [4.69, 9.17) is 10.5 Å². The maximum Gasteiger partial charge on any atom is 0.337 e. The van der Waals surface area contributed by atoms with E-state index < -0.39 is 5.97 Å². The smallest absolute Gasteiger partial charge is 0.337 e. The molecule has 0 aromatic heterocycles. The zero-order valence-electron chi connectivity index (χ0n) is 12.4. The summed E-state index contributed by atoms with van der Waals surface area (Å²) in [7, 11) is 1.64. The Labute approximate surface area is 120 Å². The Morgan fingerprint density at radius 3 is 2.55 bits per heavy atom. The van der Waals surface area contributed by atoms with E-state index in [1.165, 1.54) is 0 Å². The van der Waals surface area contributed by atoms with Crippen LogP contribution in [-0.4, -0.2) is 37.4 Å². The second kappa shape index (κ2) is 7.75. The number of hydrogen-bond acceptors (Lipinski definition) is 4. The summed E-state index contributed by atoms with van der Waals surface area (Å²) in [5.41, 5.74) is 7.34. The van der Waals surface area contributed by atoms with Gasteiger partial charge in [-0.05, 0) is 31.0 Å². The van der Waals surface area contributed by atoms with Crippen molar-refractivity contribution in [2.75, 3.05) is 30.9 Å². The van der Waals surface area contributed by atoms with Crippen LogP contribution in [0, 0.1) is 0 Å². The van der Waals surface area contributed by atoms with E-state index in [0.29, 0.717) is 24.5 Å². The summed E-state index contributed by atoms with van der Waals surface area (Å²) in [4.78, 5) is 13.5. The molecule has 0 fully saturated rings. The zero-order chi connectivity index (χ0) is 15.1. The highest BCUT2D eigenvalue weighted by Crippen LogP contribution is 2.27. The van der Waals surface area contributed by atoms with Gasteiger partial charge in [-0.1, -0.05) is 13.8 Å². The van der Waals surface area contributed by atoms with Gasteiger partial charge in [0.1, 0.15) is 0 Å².